The molecule has 0 heterocycles. The van der Waals surface area contributed by atoms with Gasteiger partial charge in [-0.15, -0.1) is 0 Å². The summed E-state index contributed by atoms with van der Waals surface area (Å²) in [5.74, 6) is 0. The van der Waals surface area contributed by atoms with Gasteiger partial charge in [-0.3, -0.25) is 0 Å². The maximum Gasteiger partial charge on any atom is 0.0726 e. The smallest absolute Gasteiger partial charge is 0.0726 e. The second kappa shape index (κ2) is 15.6. The molecule has 0 aliphatic heterocycles. The third-order valence-corrected chi connectivity index (χ3v) is 12.5. The van der Waals surface area contributed by atoms with Crippen LogP contribution >= 0.6 is 0 Å². The molecule has 0 radical (unpaired) electrons. The first-order chi connectivity index (χ1) is 29.0. The summed E-state index contributed by atoms with van der Waals surface area (Å²) in [6.45, 7) is 12.9. The minimum Gasteiger partial charge on any atom is -0.310 e. The van der Waals surface area contributed by atoms with Crippen molar-refractivity contribution in [3.05, 3.63) is 220 Å². The van der Waals surface area contributed by atoms with Gasteiger partial charge in [0.15, 0.2) is 0 Å². The van der Waals surface area contributed by atoms with E-state index in [1.54, 1.807) is 0 Å². The normalized spacial score (nSPS) is 13.0. The Labute approximate surface area is 350 Å². The minimum absolute atomic E-state index is 0.421. The number of nitrogens with zero attached hydrogens (tertiary/aromatic N) is 1. The van der Waals surface area contributed by atoms with Crippen LogP contribution in [0.15, 0.2) is 176 Å². The van der Waals surface area contributed by atoms with Gasteiger partial charge in [0.2, 0.25) is 0 Å². The van der Waals surface area contributed by atoms with Gasteiger partial charge in [-0.1, -0.05) is 172 Å². The van der Waals surface area contributed by atoms with Crippen molar-refractivity contribution in [3.8, 4) is 33.4 Å². The first-order valence-corrected chi connectivity index (χ1v) is 21.3. The Bertz CT molecular complexity index is 2840. The summed E-state index contributed by atoms with van der Waals surface area (Å²) in [6, 6.07) is 61.2. The van der Waals surface area contributed by atoms with Crippen molar-refractivity contribution in [1.82, 2.24) is 0 Å². The van der Waals surface area contributed by atoms with Crippen molar-refractivity contribution in [2.24, 2.45) is 0 Å². The van der Waals surface area contributed by atoms with E-state index < -0.39 is 5.41 Å². The third-order valence-electron chi connectivity index (χ3n) is 12.5. The van der Waals surface area contributed by atoms with Crippen LogP contribution in [0.25, 0.3) is 56.3 Å². The van der Waals surface area contributed by atoms with E-state index in [-0.39, 0.29) is 0 Å². The van der Waals surface area contributed by atoms with Gasteiger partial charge in [0.25, 0.3) is 0 Å². The van der Waals surface area contributed by atoms with E-state index in [2.05, 4.69) is 221 Å². The minimum atomic E-state index is -0.421. The average Bonchev–Trinajstić information content (AvgIpc) is 3.76. The van der Waals surface area contributed by atoms with E-state index in [9.17, 15) is 0 Å². The predicted octanol–water partition coefficient (Wildman–Crippen LogP) is 16.4. The lowest BCUT2D eigenvalue weighted by Crippen LogP contribution is -2.26. The Hall–Kier alpha value is -6.70. The Morgan fingerprint density at radius 1 is 0.458 bits per heavy atom. The van der Waals surface area contributed by atoms with Gasteiger partial charge in [-0.05, 0) is 152 Å². The zero-order valence-electron chi connectivity index (χ0n) is 35.1. The number of anilines is 3. The van der Waals surface area contributed by atoms with Crippen molar-refractivity contribution in [2.75, 3.05) is 4.90 Å². The van der Waals surface area contributed by atoms with Crippen LogP contribution in [-0.2, 0) is 5.41 Å². The van der Waals surface area contributed by atoms with Gasteiger partial charge in [-0.25, -0.2) is 0 Å². The molecule has 1 spiro atoms. The number of hydrogen-bond donors (Lipinski definition) is 0. The molecule has 8 aromatic rings. The predicted molar refractivity (Wildman–Crippen MR) is 255 cm³/mol. The van der Waals surface area contributed by atoms with E-state index in [1.807, 2.05) is 13.8 Å². The van der Waals surface area contributed by atoms with Crippen LogP contribution in [0.1, 0.15) is 78.6 Å². The molecule has 0 bridgehead atoms. The Morgan fingerprint density at radius 3 is 1.51 bits per heavy atom. The Balaban J connectivity index is 0.00000221. The summed E-state index contributed by atoms with van der Waals surface area (Å²) < 4.78 is 0. The Kier molecular flexibility index (Phi) is 9.99. The number of rotatable bonds is 7. The maximum atomic E-state index is 2.49. The zero-order valence-corrected chi connectivity index (χ0v) is 35.1. The van der Waals surface area contributed by atoms with Gasteiger partial charge >= 0.3 is 0 Å². The number of fused-ring (bicyclic) bond motifs is 11. The first kappa shape index (κ1) is 37.9. The highest BCUT2D eigenvalue weighted by Gasteiger charge is 2.51. The maximum absolute atomic E-state index is 2.49. The molecule has 0 saturated carbocycles. The molecule has 1 heteroatoms. The summed E-state index contributed by atoms with van der Waals surface area (Å²) in [4.78, 5) is 2.47. The number of allylic oxidation sites excluding steroid dienone is 2. The van der Waals surface area contributed by atoms with Gasteiger partial charge in [0.05, 0.1) is 5.41 Å². The van der Waals surface area contributed by atoms with E-state index in [0.29, 0.717) is 0 Å². The lowest BCUT2D eigenvalue weighted by atomic mass is 9.70. The molecular weight excluding hydrogens is 711 g/mol. The molecule has 1 nitrogen and oxygen atoms in total. The molecule has 0 amide bonds. The van der Waals surface area contributed by atoms with Crippen LogP contribution in [0.5, 0.6) is 0 Å². The fourth-order valence-corrected chi connectivity index (χ4v) is 9.87. The monoisotopic (exact) mass is 761 g/mol. The molecule has 0 saturated heterocycles. The van der Waals surface area contributed by atoms with Crippen LogP contribution in [0, 0.1) is 13.8 Å². The van der Waals surface area contributed by atoms with E-state index in [0.717, 1.165) is 23.5 Å². The largest absolute Gasteiger partial charge is 0.310 e. The van der Waals surface area contributed by atoms with E-state index in [1.165, 1.54) is 88.7 Å². The summed E-state index contributed by atoms with van der Waals surface area (Å²) >= 11 is 0. The molecule has 8 aromatic carbocycles. The van der Waals surface area contributed by atoms with Gasteiger partial charge in [0.1, 0.15) is 0 Å². The highest BCUT2D eigenvalue weighted by molar-refractivity contribution is 6.02. The molecule has 0 unspecified atom stereocenters. The molecule has 0 N–H and O–H groups in total. The molecule has 0 aromatic heterocycles. The van der Waals surface area contributed by atoms with Crippen molar-refractivity contribution in [2.45, 2.75) is 53.4 Å². The van der Waals surface area contributed by atoms with Crippen LogP contribution in [0.4, 0.5) is 17.1 Å². The topological polar surface area (TPSA) is 3.24 Å². The molecular formula is C58H51N. The standard InChI is InChI=1S/C56H45N.C2H6/c1-5-7-20-45-38(4)37(3)44(17-6-2)46-33-31-42(35-51(45)46)57(41-29-27-40(28-30-41)39-18-9-8-10-19-39)43-32-34-50-49-23-13-16-26-54(49)56(55(50)36-43)52-24-14-11-21-47(52)48-22-12-15-25-53(48)56;1-2/h6-36H,5H2,1-4H3;1-2H3/b17-6-,20-7-;. The number of hydrogen-bond acceptors (Lipinski definition) is 1. The Morgan fingerprint density at radius 2 is 0.932 bits per heavy atom. The third kappa shape index (κ3) is 5.91. The molecule has 0 fully saturated rings. The van der Waals surface area contributed by atoms with E-state index in [4.69, 9.17) is 0 Å². The zero-order chi connectivity index (χ0) is 40.7. The van der Waals surface area contributed by atoms with Crippen molar-refractivity contribution < 1.29 is 0 Å². The molecule has 10 rings (SSSR count). The van der Waals surface area contributed by atoms with Crippen molar-refractivity contribution >= 4 is 40.0 Å². The quantitative estimate of drug-likeness (QED) is 0.156. The van der Waals surface area contributed by atoms with Gasteiger partial charge < -0.3 is 4.90 Å². The lowest BCUT2D eigenvalue weighted by Gasteiger charge is -2.32. The van der Waals surface area contributed by atoms with E-state index >= 15 is 0 Å². The molecule has 2 aliphatic carbocycles. The second-order valence-electron chi connectivity index (χ2n) is 15.5. The fraction of sp³-hybridized carbons (Fsp3) is 0.138. The molecule has 2 aliphatic rings. The SMILES string of the molecule is C/C=C\c1c(C)c(C)c(/C=C\CC)c2cc(N(c3ccc(-c4ccccc4)cc3)c3ccc4c(c3)C3(c5ccccc5-c5ccccc53)c3ccccc3-4)ccc12.CC. The van der Waals surface area contributed by atoms with Crippen LogP contribution in [-0.4, -0.2) is 0 Å². The molecule has 59 heavy (non-hydrogen) atoms. The summed E-state index contributed by atoms with van der Waals surface area (Å²) in [5.41, 5.74) is 21.3. The summed E-state index contributed by atoms with van der Waals surface area (Å²) in [7, 11) is 0. The van der Waals surface area contributed by atoms with Crippen LogP contribution < -0.4 is 4.90 Å². The van der Waals surface area contributed by atoms with Gasteiger partial charge in [0, 0.05) is 17.1 Å². The summed E-state index contributed by atoms with van der Waals surface area (Å²) in [5, 5.41) is 2.54. The molecule has 0 atom stereocenters. The lowest BCUT2D eigenvalue weighted by molar-refractivity contribution is 0.793. The fourth-order valence-electron chi connectivity index (χ4n) is 9.87. The van der Waals surface area contributed by atoms with Crippen molar-refractivity contribution in [3.63, 3.8) is 0 Å². The number of benzene rings is 8. The second-order valence-corrected chi connectivity index (χ2v) is 15.5. The average molecular weight is 762 g/mol. The highest BCUT2D eigenvalue weighted by Crippen LogP contribution is 2.63. The van der Waals surface area contributed by atoms with Gasteiger partial charge in [-0.2, -0.15) is 0 Å². The van der Waals surface area contributed by atoms with Crippen LogP contribution in [0.3, 0.4) is 0 Å². The summed E-state index contributed by atoms with van der Waals surface area (Å²) in [6.07, 6.45) is 10.0. The van der Waals surface area contributed by atoms with Crippen LogP contribution in [0.2, 0.25) is 0 Å². The molecule has 288 valence electrons. The van der Waals surface area contributed by atoms with Crippen molar-refractivity contribution in [1.29, 1.82) is 0 Å². The first-order valence-electron chi connectivity index (χ1n) is 21.3. The highest BCUT2D eigenvalue weighted by atomic mass is 15.1.